The molecule has 12 heavy (non-hydrogen) atoms. The van der Waals surface area contributed by atoms with Gasteiger partial charge in [0.2, 0.25) is 0 Å². The lowest BCUT2D eigenvalue weighted by atomic mass is 10.3. The Kier molecular flexibility index (Phi) is 1.54. The van der Waals surface area contributed by atoms with Gasteiger partial charge in [0.1, 0.15) is 6.33 Å². The van der Waals surface area contributed by atoms with Gasteiger partial charge in [-0.25, -0.2) is 9.50 Å². The standard InChI is InChI=1S/C8H8ClN3/c1-5-7(9)3-12-8(5)6(2)10-4-11-12/h3-4H,1-2H3. The smallest absolute Gasteiger partial charge is 0.136 e. The first-order valence-corrected chi connectivity index (χ1v) is 4.03. The van der Waals surface area contributed by atoms with Crippen LogP contribution in [0.5, 0.6) is 0 Å². The van der Waals surface area contributed by atoms with Crippen LogP contribution in [0.4, 0.5) is 0 Å². The topological polar surface area (TPSA) is 30.2 Å². The third kappa shape index (κ3) is 0.898. The van der Waals surface area contributed by atoms with Crippen LogP contribution in [0.3, 0.4) is 0 Å². The van der Waals surface area contributed by atoms with Gasteiger partial charge in [-0.1, -0.05) is 11.6 Å². The van der Waals surface area contributed by atoms with Crippen molar-refractivity contribution in [3.05, 3.63) is 28.8 Å². The maximum Gasteiger partial charge on any atom is 0.136 e. The molecule has 0 saturated carbocycles. The van der Waals surface area contributed by atoms with Gasteiger partial charge in [-0.05, 0) is 19.4 Å². The van der Waals surface area contributed by atoms with E-state index in [1.165, 1.54) is 6.33 Å². The van der Waals surface area contributed by atoms with Crippen molar-refractivity contribution in [3.63, 3.8) is 0 Å². The lowest BCUT2D eigenvalue weighted by molar-refractivity contribution is 0.886. The summed E-state index contributed by atoms with van der Waals surface area (Å²) in [5.41, 5.74) is 2.99. The van der Waals surface area contributed by atoms with Crippen LogP contribution < -0.4 is 0 Å². The summed E-state index contributed by atoms with van der Waals surface area (Å²) in [5.74, 6) is 0. The van der Waals surface area contributed by atoms with Crippen molar-refractivity contribution in [1.82, 2.24) is 14.6 Å². The van der Waals surface area contributed by atoms with Crippen molar-refractivity contribution < 1.29 is 0 Å². The van der Waals surface area contributed by atoms with E-state index < -0.39 is 0 Å². The molecular weight excluding hydrogens is 174 g/mol. The van der Waals surface area contributed by atoms with Crippen molar-refractivity contribution in [1.29, 1.82) is 0 Å². The highest BCUT2D eigenvalue weighted by Gasteiger charge is 2.07. The fourth-order valence-corrected chi connectivity index (χ4v) is 1.49. The Balaban J connectivity index is 2.97. The molecule has 62 valence electrons. The number of aryl methyl sites for hydroxylation is 2. The Morgan fingerprint density at radius 2 is 2.17 bits per heavy atom. The summed E-state index contributed by atoms with van der Waals surface area (Å²) < 4.78 is 1.75. The van der Waals surface area contributed by atoms with Gasteiger partial charge in [-0.2, -0.15) is 5.10 Å². The summed E-state index contributed by atoms with van der Waals surface area (Å²) >= 11 is 5.94. The first-order valence-electron chi connectivity index (χ1n) is 3.65. The lowest BCUT2D eigenvalue weighted by Crippen LogP contribution is -1.94. The van der Waals surface area contributed by atoms with Gasteiger partial charge >= 0.3 is 0 Å². The number of halogens is 1. The minimum Gasteiger partial charge on any atom is -0.238 e. The Hall–Kier alpha value is -1.09. The molecule has 0 aliphatic heterocycles. The van der Waals surface area contributed by atoms with Gasteiger partial charge in [0, 0.05) is 6.20 Å². The van der Waals surface area contributed by atoms with Crippen molar-refractivity contribution in [2.24, 2.45) is 0 Å². The molecule has 2 rings (SSSR count). The molecule has 0 N–H and O–H groups in total. The van der Waals surface area contributed by atoms with Crippen LogP contribution in [0, 0.1) is 13.8 Å². The van der Waals surface area contributed by atoms with Gasteiger partial charge in [-0.3, -0.25) is 0 Å². The van der Waals surface area contributed by atoms with Crippen LogP contribution in [-0.4, -0.2) is 14.6 Å². The van der Waals surface area contributed by atoms with Crippen LogP contribution in [-0.2, 0) is 0 Å². The van der Waals surface area contributed by atoms with Gasteiger partial charge in [-0.15, -0.1) is 0 Å². The van der Waals surface area contributed by atoms with E-state index in [2.05, 4.69) is 10.1 Å². The highest BCUT2D eigenvalue weighted by atomic mass is 35.5. The Bertz CT molecular complexity index is 433. The van der Waals surface area contributed by atoms with Crippen molar-refractivity contribution in [3.8, 4) is 0 Å². The highest BCUT2D eigenvalue weighted by molar-refractivity contribution is 6.31. The number of hydrogen-bond donors (Lipinski definition) is 0. The first-order chi connectivity index (χ1) is 5.70. The van der Waals surface area contributed by atoms with E-state index in [-0.39, 0.29) is 0 Å². The average Bonchev–Trinajstić information content (AvgIpc) is 2.29. The summed E-state index contributed by atoms with van der Waals surface area (Å²) in [4.78, 5) is 4.09. The minimum atomic E-state index is 0.735. The van der Waals surface area contributed by atoms with Crippen molar-refractivity contribution in [2.45, 2.75) is 13.8 Å². The average molecular weight is 182 g/mol. The molecule has 0 bridgehead atoms. The van der Waals surface area contributed by atoms with Crippen LogP contribution in [0.15, 0.2) is 12.5 Å². The molecule has 0 aliphatic carbocycles. The van der Waals surface area contributed by atoms with E-state index in [1.54, 1.807) is 10.7 Å². The zero-order valence-corrected chi connectivity index (χ0v) is 7.63. The first kappa shape index (κ1) is 7.55. The quantitative estimate of drug-likeness (QED) is 0.622. The summed E-state index contributed by atoms with van der Waals surface area (Å²) in [7, 11) is 0. The Morgan fingerprint density at radius 3 is 2.83 bits per heavy atom. The molecule has 3 nitrogen and oxygen atoms in total. The molecule has 0 amide bonds. The van der Waals surface area contributed by atoms with Gasteiger partial charge in [0.25, 0.3) is 0 Å². The van der Waals surface area contributed by atoms with Gasteiger partial charge < -0.3 is 0 Å². The Morgan fingerprint density at radius 1 is 1.42 bits per heavy atom. The number of rotatable bonds is 0. The number of hydrogen-bond acceptors (Lipinski definition) is 2. The largest absolute Gasteiger partial charge is 0.238 e. The summed E-state index contributed by atoms with van der Waals surface area (Å²) in [6.45, 7) is 3.91. The molecule has 0 spiro atoms. The second-order valence-electron chi connectivity index (χ2n) is 2.74. The summed E-state index contributed by atoms with van der Waals surface area (Å²) in [6.07, 6.45) is 3.32. The molecule has 0 aliphatic rings. The van der Waals surface area contributed by atoms with E-state index >= 15 is 0 Å². The highest BCUT2D eigenvalue weighted by Crippen LogP contribution is 2.22. The zero-order chi connectivity index (χ0) is 8.72. The molecule has 4 heteroatoms. The third-order valence-corrected chi connectivity index (χ3v) is 2.33. The second kappa shape index (κ2) is 2.45. The molecule has 0 unspecified atom stereocenters. The minimum absolute atomic E-state index is 0.735. The van der Waals surface area contributed by atoms with E-state index in [1.807, 2.05) is 13.8 Å². The maximum atomic E-state index is 5.94. The number of aromatic nitrogens is 3. The summed E-state index contributed by atoms with van der Waals surface area (Å²) in [5, 5.41) is 4.78. The monoisotopic (exact) mass is 181 g/mol. The number of nitrogens with zero attached hydrogens (tertiary/aromatic N) is 3. The Labute approximate surface area is 75.0 Å². The predicted molar refractivity (Wildman–Crippen MR) is 47.5 cm³/mol. The molecule has 0 radical (unpaired) electrons. The van der Waals surface area contributed by atoms with Crippen molar-refractivity contribution >= 4 is 17.1 Å². The maximum absolute atomic E-state index is 5.94. The van der Waals surface area contributed by atoms with E-state index in [0.717, 1.165) is 21.8 Å². The van der Waals surface area contributed by atoms with E-state index in [4.69, 9.17) is 11.6 Å². The summed E-state index contributed by atoms with van der Waals surface area (Å²) in [6, 6.07) is 0. The molecule has 0 saturated heterocycles. The number of fused-ring (bicyclic) bond motifs is 1. The molecular formula is C8H8ClN3. The van der Waals surface area contributed by atoms with E-state index in [0.29, 0.717) is 0 Å². The lowest BCUT2D eigenvalue weighted by Gasteiger charge is -1.96. The van der Waals surface area contributed by atoms with Crippen LogP contribution >= 0.6 is 11.6 Å². The van der Waals surface area contributed by atoms with Gasteiger partial charge in [0.05, 0.1) is 16.2 Å². The molecule has 2 aromatic rings. The second-order valence-corrected chi connectivity index (χ2v) is 3.15. The van der Waals surface area contributed by atoms with Crippen LogP contribution in [0.2, 0.25) is 5.02 Å². The molecule has 0 aromatic carbocycles. The molecule has 2 aromatic heterocycles. The normalized spacial score (nSPS) is 10.9. The fourth-order valence-electron chi connectivity index (χ4n) is 1.31. The SMILES string of the molecule is Cc1ncnn2cc(Cl)c(C)c12. The van der Waals surface area contributed by atoms with Crippen LogP contribution in [0.25, 0.3) is 5.52 Å². The van der Waals surface area contributed by atoms with Crippen molar-refractivity contribution in [2.75, 3.05) is 0 Å². The molecule has 2 heterocycles. The fraction of sp³-hybridized carbons (Fsp3) is 0.250. The van der Waals surface area contributed by atoms with Crippen LogP contribution in [0.1, 0.15) is 11.3 Å². The van der Waals surface area contributed by atoms with Gasteiger partial charge in [0.15, 0.2) is 0 Å². The molecule has 0 atom stereocenters. The molecule has 0 fully saturated rings. The predicted octanol–water partition coefficient (Wildman–Crippen LogP) is 2.00. The van der Waals surface area contributed by atoms with E-state index in [9.17, 15) is 0 Å². The zero-order valence-electron chi connectivity index (χ0n) is 6.87. The third-order valence-electron chi connectivity index (χ3n) is 1.95.